The summed E-state index contributed by atoms with van der Waals surface area (Å²) in [5.41, 5.74) is 0.117. The molecule has 3 nitrogen and oxygen atoms in total. The van der Waals surface area contributed by atoms with Gasteiger partial charge in [0.25, 0.3) is 0 Å². The van der Waals surface area contributed by atoms with Crippen LogP contribution in [0.15, 0.2) is 24.3 Å². The first-order valence-electron chi connectivity index (χ1n) is 4.46. The van der Waals surface area contributed by atoms with Crippen molar-refractivity contribution >= 4 is 28.5 Å². The van der Waals surface area contributed by atoms with Crippen LogP contribution in [0.1, 0.15) is 10.5 Å². The Morgan fingerprint density at radius 1 is 1.38 bits per heavy atom. The highest BCUT2D eigenvalue weighted by atomic mass is 35.5. The molecule has 0 N–H and O–H groups in total. The van der Waals surface area contributed by atoms with E-state index in [-0.39, 0.29) is 11.2 Å². The van der Waals surface area contributed by atoms with E-state index in [1.807, 2.05) is 0 Å². The zero-order chi connectivity index (χ0) is 11.7. The third-order valence-corrected chi connectivity index (χ3v) is 2.48. The second-order valence-corrected chi connectivity index (χ2v) is 3.52. The van der Waals surface area contributed by atoms with Crippen LogP contribution in [0.25, 0.3) is 10.9 Å². The van der Waals surface area contributed by atoms with Gasteiger partial charge in [-0.3, -0.25) is 0 Å². The Bertz CT molecular complexity index is 571. The van der Waals surface area contributed by atoms with Gasteiger partial charge in [-0.2, -0.15) is 0 Å². The third kappa shape index (κ3) is 1.72. The van der Waals surface area contributed by atoms with Gasteiger partial charge in [0.2, 0.25) is 0 Å². The molecule has 0 radical (unpaired) electrons. The van der Waals surface area contributed by atoms with Crippen LogP contribution < -0.4 is 0 Å². The molecule has 2 rings (SSSR count). The Morgan fingerprint density at radius 3 is 2.81 bits per heavy atom. The van der Waals surface area contributed by atoms with E-state index >= 15 is 0 Å². The summed E-state index contributed by atoms with van der Waals surface area (Å²) in [6.07, 6.45) is 0. The quantitative estimate of drug-likeness (QED) is 0.719. The molecule has 1 aromatic carbocycles. The van der Waals surface area contributed by atoms with Crippen molar-refractivity contribution in [3.05, 3.63) is 40.8 Å². The highest BCUT2D eigenvalue weighted by Gasteiger charge is 2.11. The van der Waals surface area contributed by atoms with E-state index in [1.165, 1.54) is 25.3 Å². The van der Waals surface area contributed by atoms with Crippen LogP contribution in [0.4, 0.5) is 4.39 Å². The van der Waals surface area contributed by atoms with Crippen LogP contribution in [-0.4, -0.2) is 18.1 Å². The van der Waals surface area contributed by atoms with Crippen LogP contribution >= 0.6 is 11.6 Å². The standard InChI is InChI=1S/C11H7ClFNO2/c1-16-11(15)9-5-2-6-7(12)3-4-8(13)10(6)14-9/h2-5H,1H3. The molecule has 5 heteroatoms. The molecule has 0 amide bonds. The Balaban J connectivity index is 2.70. The van der Waals surface area contributed by atoms with Crippen molar-refractivity contribution in [2.24, 2.45) is 0 Å². The lowest BCUT2D eigenvalue weighted by molar-refractivity contribution is 0.0594. The monoisotopic (exact) mass is 239 g/mol. The summed E-state index contributed by atoms with van der Waals surface area (Å²) in [7, 11) is 1.24. The Morgan fingerprint density at radius 2 is 2.12 bits per heavy atom. The minimum Gasteiger partial charge on any atom is -0.464 e. The van der Waals surface area contributed by atoms with Crippen molar-refractivity contribution in [3.8, 4) is 0 Å². The molecule has 1 aromatic heterocycles. The summed E-state index contributed by atoms with van der Waals surface area (Å²) in [5, 5.41) is 0.856. The fraction of sp³-hybridized carbons (Fsp3) is 0.0909. The number of hydrogen-bond acceptors (Lipinski definition) is 3. The van der Waals surface area contributed by atoms with Gasteiger partial charge in [-0.15, -0.1) is 0 Å². The van der Waals surface area contributed by atoms with E-state index in [4.69, 9.17) is 11.6 Å². The molecule has 0 aliphatic rings. The normalized spacial score (nSPS) is 10.4. The molecular weight excluding hydrogens is 233 g/mol. The van der Waals surface area contributed by atoms with E-state index in [2.05, 4.69) is 9.72 Å². The number of aromatic nitrogens is 1. The largest absolute Gasteiger partial charge is 0.464 e. The minimum atomic E-state index is -0.610. The number of halogens is 2. The maximum absolute atomic E-state index is 13.4. The molecule has 0 atom stereocenters. The Labute approximate surface area is 95.8 Å². The summed E-state index contributed by atoms with van der Waals surface area (Å²) in [6, 6.07) is 5.64. The molecule has 0 bridgehead atoms. The van der Waals surface area contributed by atoms with Gasteiger partial charge in [0.05, 0.1) is 12.1 Å². The molecule has 16 heavy (non-hydrogen) atoms. The molecule has 1 heterocycles. The molecule has 0 aliphatic carbocycles. The smallest absolute Gasteiger partial charge is 0.356 e. The number of methoxy groups -OCH3 is 1. The zero-order valence-electron chi connectivity index (χ0n) is 8.33. The molecule has 82 valence electrons. The fourth-order valence-electron chi connectivity index (χ4n) is 1.37. The van der Waals surface area contributed by atoms with Gasteiger partial charge in [-0.1, -0.05) is 11.6 Å². The molecule has 0 spiro atoms. The first-order valence-corrected chi connectivity index (χ1v) is 4.84. The SMILES string of the molecule is COC(=O)c1ccc2c(Cl)ccc(F)c2n1. The van der Waals surface area contributed by atoms with Gasteiger partial charge in [-0.25, -0.2) is 14.2 Å². The Hall–Kier alpha value is -1.68. The predicted octanol–water partition coefficient (Wildman–Crippen LogP) is 2.81. The van der Waals surface area contributed by atoms with Crippen molar-refractivity contribution < 1.29 is 13.9 Å². The summed E-state index contributed by atoms with van der Waals surface area (Å²) in [6.45, 7) is 0. The minimum absolute atomic E-state index is 0.0520. The number of fused-ring (bicyclic) bond motifs is 1. The number of rotatable bonds is 1. The van der Waals surface area contributed by atoms with E-state index in [0.717, 1.165) is 0 Å². The molecule has 0 unspecified atom stereocenters. The molecule has 0 saturated heterocycles. The summed E-state index contributed by atoms with van der Waals surface area (Å²) in [4.78, 5) is 15.1. The lowest BCUT2D eigenvalue weighted by Gasteiger charge is -2.03. The zero-order valence-corrected chi connectivity index (χ0v) is 9.08. The topological polar surface area (TPSA) is 39.2 Å². The van der Waals surface area contributed by atoms with Crippen molar-refractivity contribution in [2.45, 2.75) is 0 Å². The number of benzene rings is 1. The summed E-state index contributed by atoms with van der Waals surface area (Å²) >= 11 is 5.87. The van der Waals surface area contributed by atoms with Gasteiger partial charge < -0.3 is 4.74 Å². The van der Waals surface area contributed by atoms with Crippen LogP contribution in [0, 0.1) is 5.82 Å². The predicted molar refractivity (Wildman–Crippen MR) is 58.1 cm³/mol. The van der Waals surface area contributed by atoms with Gasteiger partial charge in [0, 0.05) is 5.39 Å². The Kier molecular flexibility index (Phi) is 2.75. The van der Waals surface area contributed by atoms with Crippen LogP contribution in [0.5, 0.6) is 0 Å². The van der Waals surface area contributed by atoms with Crippen LogP contribution in [0.3, 0.4) is 0 Å². The first kappa shape index (κ1) is 10.8. The molecule has 0 saturated carbocycles. The van der Waals surface area contributed by atoms with Crippen molar-refractivity contribution in [1.29, 1.82) is 0 Å². The van der Waals surface area contributed by atoms with Crippen molar-refractivity contribution in [3.63, 3.8) is 0 Å². The summed E-state index contributed by atoms with van der Waals surface area (Å²) < 4.78 is 17.9. The second-order valence-electron chi connectivity index (χ2n) is 3.11. The average Bonchev–Trinajstić information content (AvgIpc) is 2.32. The van der Waals surface area contributed by atoms with Crippen molar-refractivity contribution in [2.75, 3.05) is 7.11 Å². The van der Waals surface area contributed by atoms with Gasteiger partial charge in [0.1, 0.15) is 17.0 Å². The van der Waals surface area contributed by atoms with E-state index in [0.29, 0.717) is 10.4 Å². The van der Waals surface area contributed by atoms with Gasteiger partial charge in [0.15, 0.2) is 0 Å². The number of hydrogen-bond donors (Lipinski definition) is 0. The molecule has 0 aliphatic heterocycles. The molecule has 0 fully saturated rings. The maximum atomic E-state index is 13.4. The number of pyridine rings is 1. The van der Waals surface area contributed by atoms with E-state index in [9.17, 15) is 9.18 Å². The molecule has 2 aromatic rings. The molecular formula is C11H7ClFNO2. The number of nitrogens with zero attached hydrogens (tertiary/aromatic N) is 1. The highest BCUT2D eigenvalue weighted by Crippen LogP contribution is 2.24. The lowest BCUT2D eigenvalue weighted by Crippen LogP contribution is -2.04. The van der Waals surface area contributed by atoms with E-state index < -0.39 is 11.8 Å². The number of esters is 1. The van der Waals surface area contributed by atoms with Crippen LogP contribution in [-0.2, 0) is 4.74 Å². The number of carbonyl (C=O) groups is 1. The maximum Gasteiger partial charge on any atom is 0.356 e. The summed E-state index contributed by atoms with van der Waals surface area (Å²) in [5.74, 6) is -1.13. The average molecular weight is 240 g/mol. The number of carbonyl (C=O) groups excluding carboxylic acids is 1. The van der Waals surface area contributed by atoms with Gasteiger partial charge in [-0.05, 0) is 24.3 Å². The fourth-order valence-corrected chi connectivity index (χ4v) is 1.58. The first-order chi connectivity index (χ1) is 7.63. The highest BCUT2D eigenvalue weighted by molar-refractivity contribution is 6.35. The third-order valence-electron chi connectivity index (χ3n) is 2.15. The van der Waals surface area contributed by atoms with Gasteiger partial charge >= 0.3 is 5.97 Å². The van der Waals surface area contributed by atoms with E-state index in [1.54, 1.807) is 6.07 Å². The van der Waals surface area contributed by atoms with Crippen LogP contribution in [0.2, 0.25) is 5.02 Å². The van der Waals surface area contributed by atoms with Crippen molar-refractivity contribution in [1.82, 2.24) is 4.98 Å². The lowest BCUT2D eigenvalue weighted by atomic mass is 10.2. The second kappa shape index (κ2) is 4.06. The number of ether oxygens (including phenoxy) is 1.